The molecule has 0 aliphatic rings. The third kappa shape index (κ3) is 6.67. The normalized spacial score (nSPS) is 11.1. The Labute approximate surface area is 339 Å². The van der Waals surface area contributed by atoms with Crippen molar-refractivity contribution in [1.29, 1.82) is 0 Å². The number of benzene rings is 9. The molecule has 9 aromatic carbocycles. The molecule has 58 heavy (non-hydrogen) atoms. The predicted molar refractivity (Wildman–Crippen MR) is 244 cm³/mol. The van der Waals surface area contributed by atoms with E-state index in [-0.39, 0.29) is 0 Å². The first-order valence-electron chi connectivity index (χ1n) is 19.8. The molecule has 0 N–H and O–H groups in total. The van der Waals surface area contributed by atoms with Crippen LogP contribution in [0.4, 0.5) is 17.1 Å². The topological polar surface area (TPSA) is 16.4 Å². The molecule has 0 saturated heterocycles. The third-order valence-corrected chi connectivity index (χ3v) is 10.9. The Morgan fingerprint density at radius 2 is 0.655 bits per heavy atom. The molecule has 0 atom stereocenters. The van der Waals surface area contributed by atoms with Gasteiger partial charge in [0.05, 0.1) is 5.69 Å². The standard InChI is InChI=1S/C56H39NO/c1-3-17-40(18-4-1)47-22-8-11-26-51(47)52-27-12-9-23-48(52)42-31-35-45(36-32-42)57(54-29-15-14-25-50(54)41-19-5-2-6-20-41)46-37-33-43(34-38-46)49-24-10-13-28-53(49)56-39-44-21-7-16-30-55(44)58-56/h1-39H. The van der Waals surface area contributed by atoms with Gasteiger partial charge >= 0.3 is 0 Å². The molecule has 0 radical (unpaired) electrons. The van der Waals surface area contributed by atoms with Gasteiger partial charge in [0.15, 0.2) is 0 Å². The zero-order valence-electron chi connectivity index (χ0n) is 31.9. The summed E-state index contributed by atoms with van der Waals surface area (Å²) in [6.45, 7) is 0. The molecule has 0 saturated carbocycles. The molecule has 0 aliphatic carbocycles. The van der Waals surface area contributed by atoms with Gasteiger partial charge in [-0.05, 0) is 92.5 Å². The molecular weight excluding hydrogens is 703 g/mol. The van der Waals surface area contributed by atoms with Gasteiger partial charge in [0.2, 0.25) is 0 Å². The van der Waals surface area contributed by atoms with E-state index in [9.17, 15) is 0 Å². The van der Waals surface area contributed by atoms with Crippen LogP contribution in [0.2, 0.25) is 0 Å². The molecular formula is C56H39NO. The number of rotatable bonds is 9. The molecule has 1 heterocycles. The van der Waals surface area contributed by atoms with E-state index in [0.29, 0.717) is 0 Å². The van der Waals surface area contributed by atoms with Gasteiger partial charge in [-0.1, -0.05) is 194 Å². The molecule has 10 aromatic rings. The molecule has 10 rings (SSSR count). The predicted octanol–water partition coefficient (Wildman–Crippen LogP) is 15.9. The largest absolute Gasteiger partial charge is 0.456 e. The highest BCUT2D eigenvalue weighted by atomic mass is 16.3. The van der Waals surface area contributed by atoms with E-state index in [1.165, 1.54) is 33.4 Å². The Kier molecular flexibility index (Phi) is 9.27. The van der Waals surface area contributed by atoms with Crippen LogP contribution in [0.15, 0.2) is 241 Å². The Morgan fingerprint density at radius 3 is 1.19 bits per heavy atom. The van der Waals surface area contributed by atoms with Gasteiger partial charge in [-0.2, -0.15) is 0 Å². The fourth-order valence-electron chi connectivity index (χ4n) is 8.16. The van der Waals surface area contributed by atoms with Gasteiger partial charge in [-0.3, -0.25) is 0 Å². The van der Waals surface area contributed by atoms with Crippen LogP contribution in [-0.4, -0.2) is 0 Å². The van der Waals surface area contributed by atoms with Crippen LogP contribution in [0.1, 0.15) is 0 Å². The van der Waals surface area contributed by atoms with Crippen LogP contribution < -0.4 is 4.90 Å². The average Bonchev–Trinajstić information content (AvgIpc) is 3.75. The zero-order chi connectivity index (χ0) is 38.7. The number of nitrogens with zero attached hydrogens (tertiary/aromatic N) is 1. The van der Waals surface area contributed by atoms with Crippen molar-refractivity contribution in [2.45, 2.75) is 0 Å². The first-order chi connectivity index (χ1) is 28.8. The maximum absolute atomic E-state index is 6.34. The van der Waals surface area contributed by atoms with Gasteiger partial charge < -0.3 is 9.32 Å². The van der Waals surface area contributed by atoms with Crippen LogP contribution in [-0.2, 0) is 0 Å². The average molecular weight is 742 g/mol. The summed E-state index contributed by atoms with van der Waals surface area (Å²) in [5, 5.41) is 1.10. The molecule has 1 aromatic heterocycles. The van der Waals surface area contributed by atoms with E-state index in [1.807, 2.05) is 18.2 Å². The van der Waals surface area contributed by atoms with Crippen LogP contribution >= 0.6 is 0 Å². The number of fused-ring (bicyclic) bond motifs is 1. The van der Waals surface area contributed by atoms with E-state index in [2.05, 4.69) is 223 Å². The smallest absolute Gasteiger partial charge is 0.136 e. The first-order valence-corrected chi connectivity index (χ1v) is 19.8. The molecule has 0 aliphatic heterocycles. The Bertz CT molecular complexity index is 2950. The third-order valence-electron chi connectivity index (χ3n) is 10.9. The van der Waals surface area contributed by atoms with E-state index < -0.39 is 0 Å². The van der Waals surface area contributed by atoms with Gasteiger partial charge in [0.1, 0.15) is 11.3 Å². The lowest BCUT2D eigenvalue weighted by Crippen LogP contribution is -2.11. The highest BCUT2D eigenvalue weighted by Crippen LogP contribution is 2.44. The van der Waals surface area contributed by atoms with Crippen molar-refractivity contribution in [2.24, 2.45) is 0 Å². The number of hydrogen-bond donors (Lipinski definition) is 0. The van der Waals surface area contributed by atoms with Crippen molar-refractivity contribution in [3.8, 4) is 67.0 Å². The number of para-hydroxylation sites is 2. The highest BCUT2D eigenvalue weighted by molar-refractivity contribution is 5.94. The van der Waals surface area contributed by atoms with Crippen molar-refractivity contribution >= 4 is 28.0 Å². The molecule has 0 unspecified atom stereocenters. The van der Waals surface area contributed by atoms with E-state index in [1.54, 1.807) is 0 Å². The van der Waals surface area contributed by atoms with Gasteiger partial charge in [-0.25, -0.2) is 0 Å². The number of furan rings is 1. The summed E-state index contributed by atoms with van der Waals surface area (Å²) in [6.07, 6.45) is 0. The summed E-state index contributed by atoms with van der Waals surface area (Å²) in [6, 6.07) is 84.2. The fraction of sp³-hybridized carbons (Fsp3) is 0. The van der Waals surface area contributed by atoms with E-state index in [4.69, 9.17) is 4.42 Å². The van der Waals surface area contributed by atoms with Crippen molar-refractivity contribution in [1.82, 2.24) is 0 Å². The van der Waals surface area contributed by atoms with Crippen LogP contribution in [0.3, 0.4) is 0 Å². The summed E-state index contributed by atoms with van der Waals surface area (Å²) >= 11 is 0. The quantitative estimate of drug-likeness (QED) is 0.146. The van der Waals surface area contributed by atoms with Crippen LogP contribution in [0, 0.1) is 0 Å². The maximum atomic E-state index is 6.34. The minimum absolute atomic E-state index is 0.865. The second-order valence-corrected chi connectivity index (χ2v) is 14.5. The lowest BCUT2D eigenvalue weighted by molar-refractivity contribution is 0.632. The molecule has 2 heteroatoms. The maximum Gasteiger partial charge on any atom is 0.136 e. The summed E-state index contributed by atoms with van der Waals surface area (Å²) in [5.41, 5.74) is 17.0. The van der Waals surface area contributed by atoms with Crippen molar-refractivity contribution in [3.63, 3.8) is 0 Å². The lowest BCUT2D eigenvalue weighted by Gasteiger charge is -2.28. The van der Waals surface area contributed by atoms with E-state index in [0.717, 1.165) is 61.6 Å². The van der Waals surface area contributed by atoms with Crippen molar-refractivity contribution in [2.75, 3.05) is 4.90 Å². The number of anilines is 3. The second-order valence-electron chi connectivity index (χ2n) is 14.5. The SMILES string of the molecule is c1ccc(-c2ccccc2-c2ccccc2-c2ccc(N(c3ccc(-c4ccccc4-c4cc5ccccc5o4)cc3)c3ccccc3-c3ccccc3)cc2)cc1. The van der Waals surface area contributed by atoms with Gasteiger partial charge in [0.25, 0.3) is 0 Å². The van der Waals surface area contributed by atoms with Crippen molar-refractivity contribution in [3.05, 3.63) is 237 Å². The Morgan fingerprint density at radius 1 is 0.276 bits per heavy atom. The minimum atomic E-state index is 0.865. The Balaban J connectivity index is 1.06. The summed E-state index contributed by atoms with van der Waals surface area (Å²) < 4.78 is 6.34. The number of hydrogen-bond acceptors (Lipinski definition) is 2. The fourth-order valence-corrected chi connectivity index (χ4v) is 8.16. The van der Waals surface area contributed by atoms with Crippen LogP contribution in [0.5, 0.6) is 0 Å². The summed E-state index contributed by atoms with van der Waals surface area (Å²) in [4.78, 5) is 2.37. The monoisotopic (exact) mass is 741 g/mol. The lowest BCUT2D eigenvalue weighted by atomic mass is 9.89. The van der Waals surface area contributed by atoms with Gasteiger partial charge in [-0.15, -0.1) is 0 Å². The molecule has 2 nitrogen and oxygen atoms in total. The highest BCUT2D eigenvalue weighted by Gasteiger charge is 2.19. The molecule has 0 spiro atoms. The zero-order valence-corrected chi connectivity index (χ0v) is 31.9. The molecule has 0 fully saturated rings. The van der Waals surface area contributed by atoms with Crippen molar-refractivity contribution < 1.29 is 4.42 Å². The second kappa shape index (κ2) is 15.5. The summed E-state index contributed by atoms with van der Waals surface area (Å²) in [7, 11) is 0. The van der Waals surface area contributed by atoms with E-state index >= 15 is 0 Å². The first kappa shape index (κ1) is 34.8. The van der Waals surface area contributed by atoms with Crippen LogP contribution in [0.25, 0.3) is 77.9 Å². The van der Waals surface area contributed by atoms with Gasteiger partial charge in [0, 0.05) is 27.9 Å². The Hall–Kier alpha value is -7.68. The summed E-state index contributed by atoms with van der Waals surface area (Å²) in [5.74, 6) is 0.865. The molecule has 0 bridgehead atoms. The molecule has 0 amide bonds. The minimum Gasteiger partial charge on any atom is -0.456 e. The molecule has 274 valence electrons.